The molecule has 9 aromatic carbocycles. The molecule has 0 saturated carbocycles. The van der Waals surface area contributed by atoms with E-state index in [1.54, 1.807) is 0 Å². The third kappa shape index (κ3) is 5.26. The summed E-state index contributed by atoms with van der Waals surface area (Å²) in [6.45, 7) is 0. The van der Waals surface area contributed by atoms with Gasteiger partial charge in [0.1, 0.15) is 0 Å². The predicted molar refractivity (Wildman–Crippen MR) is 264 cm³/mol. The van der Waals surface area contributed by atoms with E-state index in [1.165, 1.54) is 80.6 Å². The standard InChI is InChI=1S/C56H35IN2S/c1-57(42-15-3-2-4-16-42)51-22-7-5-18-45(51)49-32-39(25-28-52(49)57)37-13-10-14-38(31-37)40-26-29-53-50(33-40)46-27-24-41(34-54(46)59(53)43-17-9-12-36(30-43)35-58)44-20-11-21-48-47-19-6-8-23-55(47)60-56(44)48/h2-34H,1H2. The van der Waals surface area contributed by atoms with Crippen molar-refractivity contribution in [2.24, 2.45) is 0 Å². The number of nitrogens with zero attached hydrogens (tertiary/aromatic N) is 2. The second kappa shape index (κ2) is 13.6. The molecule has 4 heteroatoms. The molecule has 282 valence electrons. The number of hydrogen-bond acceptors (Lipinski definition) is 2. The van der Waals surface area contributed by atoms with Gasteiger partial charge >= 0.3 is 214 Å². The van der Waals surface area contributed by atoms with E-state index >= 15 is 0 Å². The van der Waals surface area contributed by atoms with E-state index in [0.29, 0.717) is 5.56 Å². The molecule has 1 aliphatic rings. The van der Waals surface area contributed by atoms with Crippen LogP contribution in [-0.2, 0) is 0 Å². The van der Waals surface area contributed by atoms with Crippen molar-refractivity contribution in [3.8, 4) is 56.3 Å². The molecular weight excluding hydrogens is 860 g/mol. The van der Waals surface area contributed by atoms with Crippen molar-refractivity contribution in [2.45, 2.75) is 0 Å². The molecule has 2 aromatic heterocycles. The van der Waals surface area contributed by atoms with Gasteiger partial charge in [0.15, 0.2) is 0 Å². The maximum absolute atomic E-state index is 9.91. The van der Waals surface area contributed by atoms with Gasteiger partial charge < -0.3 is 0 Å². The summed E-state index contributed by atoms with van der Waals surface area (Å²) in [5.41, 5.74) is 13.6. The summed E-state index contributed by atoms with van der Waals surface area (Å²) in [6.07, 6.45) is 0. The first-order valence-corrected chi connectivity index (χ1v) is 25.6. The van der Waals surface area contributed by atoms with Crippen LogP contribution in [0.2, 0.25) is 0 Å². The number of nitriles is 1. The Balaban J connectivity index is 0.996. The second-order valence-corrected chi connectivity index (χ2v) is 24.0. The third-order valence-electron chi connectivity index (χ3n) is 12.2. The number of benzene rings is 9. The Morgan fingerprint density at radius 1 is 0.450 bits per heavy atom. The van der Waals surface area contributed by atoms with Gasteiger partial charge in [-0.2, -0.15) is 5.26 Å². The number of thiophene rings is 1. The van der Waals surface area contributed by atoms with Crippen molar-refractivity contribution >= 4 is 75.8 Å². The molecule has 1 aliphatic heterocycles. The Morgan fingerprint density at radius 3 is 2.02 bits per heavy atom. The molecule has 0 aliphatic carbocycles. The molecule has 0 radical (unpaired) electrons. The fourth-order valence-corrected chi connectivity index (χ4v) is 18.7. The van der Waals surface area contributed by atoms with Gasteiger partial charge in [0.25, 0.3) is 0 Å². The summed E-state index contributed by atoms with van der Waals surface area (Å²) >= 11 is -1.09. The number of hydrogen-bond donors (Lipinski definition) is 0. The second-order valence-electron chi connectivity index (χ2n) is 15.5. The van der Waals surface area contributed by atoms with Gasteiger partial charge in [0, 0.05) is 25.9 Å². The van der Waals surface area contributed by atoms with Crippen LogP contribution in [-0.4, -0.2) is 9.08 Å². The Morgan fingerprint density at radius 2 is 1.13 bits per heavy atom. The van der Waals surface area contributed by atoms with Crippen LogP contribution in [0, 0.1) is 22.0 Å². The fourth-order valence-electron chi connectivity index (χ4n) is 9.34. The summed E-state index contributed by atoms with van der Waals surface area (Å²) in [6, 6.07) is 75.3. The molecule has 0 bridgehead atoms. The molecule has 0 spiro atoms. The fraction of sp³-hybridized carbons (Fsp3) is 0. The Bertz CT molecular complexity index is 3660. The molecule has 60 heavy (non-hydrogen) atoms. The Kier molecular flexibility index (Phi) is 7.93. The van der Waals surface area contributed by atoms with Gasteiger partial charge in [-0.15, -0.1) is 11.3 Å². The van der Waals surface area contributed by atoms with Crippen LogP contribution in [0.15, 0.2) is 200 Å². The third-order valence-corrected chi connectivity index (χ3v) is 22.1. The van der Waals surface area contributed by atoms with Crippen LogP contribution < -0.4 is 0 Å². The Labute approximate surface area is 355 Å². The van der Waals surface area contributed by atoms with Gasteiger partial charge in [0.2, 0.25) is 0 Å². The van der Waals surface area contributed by atoms with Gasteiger partial charge in [0.05, 0.1) is 11.6 Å². The molecule has 1 atom stereocenters. The SMILES string of the molecule is C=I1(c2ccccc2)c2ccccc2-c2cc(-c3cccc(-c4ccc5c(c4)c4ccc(-c6cccc7c6sc6ccccc67)cc4n5-c4cccc(C#N)c4)c3)ccc21. The summed E-state index contributed by atoms with van der Waals surface area (Å²) in [4.78, 5) is 0. The topological polar surface area (TPSA) is 28.7 Å². The van der Waals surface area contributed by atoms with Crippen molar-refractivity contribution < 1.29 is 0 Å². The zero-order valence-electron chi connectivity index (χ0n) is 32.4. The first-order chi connectivity index (χ1) is 29.6. The zero-order chi connectivity index (χ0) is 40.0. The van der Waals surface area contributed by atoms with E-state index in [4.69, 9.17) is 4.51 Å². The monoisotopic (exact) mass is 894 g/mol. The van der Waals surface area contributed by atoms with E-state index in [0.717, 1.165) is 22.3 Å². The first kappa shape index (κ1) is 35.1. The summed E-state index contributed by atoms with van der Waals surface area (Å²) < 4.78 is 14.2. The van der Waals surface area contributed by atoms with Crippen molar-refractivity contribution in [3.63, 3.8) is 0 Å². The van der Waals surface area contributed by atoms with Crippen LogP contribution in [0.5, 0.6) is 0 Å². The van der Waals surface area contributed by atoms with E-state index < -0.39 is 18.0 Å². The Hall–Kier alpha value is -6.91. The molecule has 0 N–H and O–H groups in total. The van der Waals surface area contributed by atoms with E-state index in [1.807, 2.05) is 29.5 Å². The summed E-state index contributed by atoms with van der Waals surface area (Å²) in [5.74, 6) is 0. The average molecular weight is 895 g/mol. The molecule has 1 unspecified atom stereocenters. The van der Waals surface area contributed by atoms with E-state index in [9.17, 15) is 5.26 Å². The number of halogens is 1. The minimum absolute atomic E-state index is 0.640. The van der Waals surface area contributed by atoms with Crippen molar-refractivity contribution in [1.29, 1.82) is 5.26 Å². The molecule has 11 aromatic rings. The van der Waals surface area contributed by atoms with Crippen molar-refractivity contribution in [3.05, 3.63) is 216 Å². The van der Waals surface area contributed by atoms with Gasteiger partial charge in [-0.1, -0.05) is 48.5 Å². The van der Waals surface area contributed by atoms with Crippen molar-refractivity contribution in [2.75, 3.05) is 0 Å². The number of fused-ring (bicyclic) bond motifs is 9. The minimum atomic E-state index is -2.94. The van der Waals surface area contributed by atoms with Crippen LogP contribution in [0.3, 0.4) is 0 Å². The van der Waals surface area contributed by atoms with Gasteiger partial charge in [-0.3, -0.25) is 0 Å². The van der Waals surface area contributed by atoms with Crippen LogP contribution in [0.1, 0.15) is 5.56 Å². The summed E-state index contributed by atoms with van der Waals surface area (Å²) in [5, 5.41) is 14.8. The molecular formula is C56H35IN2S. The molecule has 3 heterocycles. The summed E-state index contributed by atoms with van der Waals surface area (Å²) in [7, 11) is 0. The predicted octanol–water partition coefficient (Wildman–Crippen LogP) is 15.4. The number of aromatic nitrogens is 1. The normalized spacial score (nSPS) is 15.5. The maximum atomic E-state index is 9.91. The zero-order valence-corrected chi connectivity index (χ0v) is 35.4. The van der Waals surface area contributed by atoms with Crippen LogP contribution in [0.4, 0.5) is 0 Å². The number of rotatable bonds is 5. The van der Waals surface area contributed by atoms with E-state index in [-0.39, 0.29) is 0 Å². The first-order valence-electron chi connectivity index (χ1n) is 20.1. The molecule has 0 saturated heterocycles. The van der Waals surface area contributed by atoms with Crippen molar-refractivity contribution in [1.82, 2.24) is 4.57 Å². The molecule has 12 rings (SSSR count). The molecule has 2 nitrogen and oxygen atoms in total. The van der Waals surface area contributed by atoms with E-state index in [2.05, 4.69) is 193 Å². The van der Waals surface area contributed by atoms with Crippen LogP contribution >= 0.6 is 29.3 Å². The quantitative estimate of drug-likeness (QED) is 0.158. The van der Waals surface area contributed by atoms with Crippen LogP contribution in [0.25, 0.3) is 92.2 Å². The van der Waals surface area contributed by atoms with Gasteiger partial charge in [-0.05, 0) is 41.5 Å². The molecule has 0 fully saturated rings. The van der Waals surface area contributed by atoms with Gasteiger partial charge in [-0.25, -0.2) is 0 Å². The average Bonchev–Trinajstić information content (AvgIpc) is 3.95. The molecule has 0 amide bonds.